The number of amides is 1. The van der Waals surface area contributed by atoms with E-state index in [9.17, 15) is 10.1 Å². The molecule has 0 saturated carbocycles. The Labute approximate surface area is 276 Å². The second kappa shape index (κ2) is 13.8. The van der Waals surface area contributed by atoms with Gasteiger partial charge in [0.05, 0.1) is 53.3 Å². The Bertz CT molecular complexity index is 1820. The number of aromatic nitrogens is 1. The largest absolute Gasteiger partial charge is 0.495 e. The molecule has 3 heterocycles. The van der Waals surface area contributed by atoms with Gasteiger partial charge in [0.2, 0.25) is 6.79 Å². The van der Waals surface area contributed by atoms with Gasteiger partial charge in [0, 0.05) is 62.0 Å². The molecule has 2 aliphatic heterocycles. The van der Waals surface area contributed by atoms with Gasteiger partial charge in [-0.1, -0.05) is 23.2 Å². The molecule has 0 radical (unpaired) electrons. The summed E-state index contributed by atoms with van der Waals surface area (Å²) < 4.78 is 27.9. The number of nitrogens with zero attached hydrogens (tertiary/aromatic N) is 4. The predicted molar refractivity (Wildman–Crippen MR) is 174 cm³/mol. The fraction of sp³-hybridized carbons (Fsp3) is 0.303. The summed E-state index contributed by atoms with van der Waals surface area (Å²) in [4.78, 5) is 21.7. The lowest BCUT2D eigenvalue weighted by Gasteiger charge is -2.34. The Morgan fingerprint density at radius 1 is 0.978 bits per heavy atom. The molecule has 1 fully saturated rings. The Balaban J connectivity index is 1.07. The normalized spacial score (nSPS) is 14.2. The molecule has 11 nitrogen and oxygen atoms in total. The number of carbonyl (C=O) groups excluding carboxylic acids is 1. The van der Waals surface area contributed by atoms with Crippen LogP contribution < -0.4 is 29.0 Å². The minimum absolute atomic E-state index is 0.00507. The van der Waals surface area contributed by atoms with Crippen LogP contribution in [0.3, 0.4) is 0 Å². The first-order valence-electron chi connectivity index (χ1n) is 14.6. The summed E-state index contributed by atoms with van der Waals surface area (Å²) in [5.41, 5.74) is 2.57. The second-order valence-electron chi connectivity index (χ2n) is 10.7. The van der Waals surface area contributed by atoms with Gasteiger partial charge < -0.3 is 33.9 Å². The first-order chi connectivity index (χ1) is 22.4. The lowest BCUT2D eigenvalue weighted by molar-refractivity contribution is 0.0630. The number of carbonyl (C=O) groups is 1. The predicted octanol–water partition coefficient (Wildman–Crippen LogP) is 6.13. The number of fused-ring (bicyclic) bond motifs is 2. The van der Waals surface area contributed by atoms with Crippen molar-refractivity contribution in [3.63, 3.8) is 0 Å². The molecule has 3 aromatic carbocycles. The van der Waals surface area contributed by atoms with Crippen LogP contribution in [0.1, 0.15) is 22.3 Å². The molecule has 0 atom stereocenters. The number of nitriles is 1. The zero-order valence-electron chi connectivity index (χ0n) is 25.3. The highest BCUT2D eigenvalue weighted by Gasteiger charge is 2.24. The number of ether oxygens (including phenoxy) is 5. The van der Waals surface area contributed by atoms with E-state index in [0.717, 1.165) is 26.1 Å². The van der Waals surface area contributed by atoms with Crippen LogP contribution in [0.5, 0.6) is 28.7 Å². The lowest BCUT2D eigenvalue weighted by Crippen LogP contribution is -2.49. The first kappa shape index (κ1) is 31.4. The number of anilines is 2. The smallest absolute Gasteiger partial charge is 0.254 e. The monoisotopic (exact) mass is 663 g/mol. The number of benzene rings is 3. The van der Waals surface area contributed by atoms with E-state index in [1.807, 2.05) is 4.90 Å². The Hall–Kier alpha value is -4.63. The van der Waals surface area contributed by atoms with Crippen molar-refractivity contribution in [2.45, 2.75) is 6.42 Å². The average Bonchev–Trinajstić information content (AvgIpc) is 3.55. The van der Waals surface area contributed by atoms with E-state index in [0.29, 0.717) is 91.9 Å². The van der Waals surface area contributed by atoms with E-state index in [1.54, 1.807) is 49.6 Å². The van der Waals surface area contributed by atoms with E-state index >= 15 is 0 Å². The van der Waals surface area contributed by atoms with Gasteiger partial charge in [-0.25, -0.2) is 0 Å². The van der Waals surface area contributed by atoms with Gasteiger partial charge in [0.25, 0.3) is 5.91 Å². The summed E-state index contributed by atoms with van der Waals surface area (Å²) in [6.07, 6.45) is 2.28. The van der Waals surface area contributed by atoms with E-state index in [1.165, 1.54) is 13.3 Å². The molecular formula is C33H31Cl2N5O6. The van der Waals surface area contributed by atoms with Crippen LogP contribution >= 0.6 is 23.2 Å². The Morgan fingerprint density at radius 2 is 1.76 bits per heavy atom. The van der Waals surface area contributed by atoms with Crippen molar-refractivity contribution in [1.82, 2.24) is 14.8 Å². The molecule has 1 N–H and O–H groups in total. The molecule has 1 amide bonds. The van der Waals surface area contributed by atoms with E-state index in [4.69, 9.17) is 46.9 Å². The van der Waals surface area contributed by atoms with Crippen LogP contribution in [0.4, 0.5) is 11.4 Å². The maximum Gasteiger partial charge on any atom is 0.254 e. The van der Waals surface area contributed by atoms with Crippen LogP contribution in [0.2, 0.25) is 10.0 Å². The fourth-order valence-corrected chi connectivity index (χ4v) is 5.97. The number of halogens is 2. The maximum atomic E-state index is 13.0. The maximum absolute atomic E-state index is 13.0. The zero-order valence-corrected chi connectivity index (χ0v) is 26.8. The molecule has 46 heavy (non-hydrogen) atoms. The third-order valence-corrected chi connectivity index (χ3v) is 8.54. The standard InChI is InChI=1S/C33H31Cl2N5O6/c1-42-28-16-26(23(34)14-24(28)35)38-32-21(17-36)18-37-25-15-31(29(43-2)13-22(25)32)44-11-3-6-39-7-9-40(10-8-39)33(41)20-4-5-27-30(12-20)46-19-45-27/h4-5,12-16,18H,3,6-11,19H2,1-2H3,(H,37,38). The van der Waals surface area contributed by atoms with E-state index in [2.05, 4.69) is 21.3 Å². The third kappa shape index (κ3) is 6.51. The van der Waals surface area contributed by atoms with E-state index < -0.39 is 0 Å². The summed E-state index contributed by atoms with van der Waals surface area (Å²) in [6, 6.07) is 14.3. The highest BCUT2D eigenvalue weighted by atomic mass is 35.5. The number of pyridine rings is 1. The zero-order chi connectivity index (χ0) is 32.2. The number of hydrogen-bond acceptors (Lipinski definition) is 10. The number of methoxy groups -OCH3 is 2. The summed E-state index contributed by atoms with van der Waals surface area (Å²) in [5.74, 6) is 2.75. The minimum Gasteiger partial charge on any atom is -0.495 e. The van der Waals surface area contributed by atoms with Crippen LogP contribution in [0.25, 0.3) is 10.9 Å². The summed E-state index contributed by atoms with van der Waals surface area (Å²) in [5, 5.41) is 14.5. The van der Waals surface area contributed by atoms with Crippen LogP contribution in [-0.2, 0) is 0 Å². The van der Waals surface area contributed by atoms with Gasteiger partial charge >= 0.3 is 0 Å². The number of hydrogen-bond donors (Lipinski definition) is 1. The topological polar surface area (TPSA) is 118 Å². The average molecular weight is 665 g/mol. The molecule has 2 aliphatic rings. The Morgan fingerprint density at radius 3 is 2.52 bits per heavy atom. The Kier molecular flexibility index (Phi) is 9.40. The minimum atomic E-state index is -0.00507. The van der Waals surface area contributed by atoms with Crippen molar-refractivity contribution < 1.29 is 28.5 Å². The van der Waals surface area contributed by atoms with Crippen LogP contribution in [0.15, 0.2) is 48.7 Å². The SMILES string of the molecule is COc1cc(Nc2c(C#N)cnc3cc(OCCCN4CCN(C(=O)c5ccc6c(c5)OCO6)CC4)c(OC)cc23)c(Cl)cc1Cl. The first-order valence-corrected chi connectivity index (χ1v) is 15.4. The molecule has 0 bridgehead atoms. The molecule has 1 saturated heterocycles. The van der Waals surface area contributed by atoms with Crippen molar-refractivity contribution in [2.75, 3.05) is 65.7 Å². The molecule has 4 aromatic rings. The summed E-state index contributed by atoms with van der Waals surface area (Å²) >= 11 is 12.7. The highest BCUT2D eigenvalue weighted by Crippen LogP contribution is 2.40. The summed E-state index contributed by atoms with van der Waals surface area (Å²) in [6.45, 7) is 4.31. The number of nitrogens with one attached hydrogen (secondary N) is 1. The van der Waals surface area contributed by atoms with Crippen molar-refractivity contribution in [3.05, 3.63) is 69.8 Å². The van der Waals surface area contributed by atoms with Gasteiger partial charge in [-0.2, -0.15) is 5.26 Å². The van der Waals surface area contributed by atoms with Crippen molar-refractivity contribution in [1.29, 1.82) is 5.26 Å². The van der Waals surface area contributed by atoms with E-state index in [-0.39, 0.29) is 12.7 Å². The van der Waals surface area contributed by atoms with Gasteiger partial charge in [0.15, 0.2) is 23.0 Å². The quantitative estimate of drug-likeness (QED) is 0.199. The van der Waals surface area contributed by atoms with Crippen LogP contribution in [-0.4, -0.2) is 81.0 Å². The fourth-order valence-electron chi connectivity index (χ4n) is 5.46. The molecule has 0 unspecified atom stereocenters. The second-order valence-corrected chi connectivity index (χ2v) is 11.5. The molecule has 6 rings (SSSR count). The molecule has 0 spiro atoms. The number of piperazine rings is 1. The molecule has 238 valence electrons. The molecule has 0 aliphatic carbocycles. The van der Waals surface area contributed by atoms with Crippen molar-refractivity contribution >= 4 is 51.4 Å². The van der Waals surface area contributed by atoms with Crippen LogP contribution in [0, 0.1) is 11.3 Å². The molecular weight excluding hydrogens is 633 g/mol. The van der Waals surface area contributed by atoms with Gasteiger partial charge in [-0.05, 0) is 36.8 Å². The van der Waals surface area contributed by atoms with Gasteiger partial charge in [-0.15, -0.1) is 0 Å². The third-order valence-electron chi connectivity index (χ3n) is 7.93. The van der Waals surface area contributed by atoms with Gasteiger partial charge in [0.1, 0.15) is 11.8 Å². The lowest BCUT2D eigenvalue weighted by atomic mass is 10.1. The number of rotatable bonds is 10. The van der Waals surface area contributed by atoms with Crippen molar-refractivity contribution in [2.24, 2.45) is 0 Å². The van der Waals surface area contributed by atoms with Crippen molar-refractivity contribution in [3.8, 4) is 34.8 Å². The van der Waals surface area contributed by atoms with Gasteiger partial charge in [-0.3, -0.25) is 14.7 Å². The summed E-state index contributed by atoms with van der Waals surface area (Å²) in [7, 11) is 3.08. The highest BCUT2D eigenvalue weighted by molar-refractivity contribution is 6.37. The molecule has 13 heteroatoms. The molecule has 1 aromatic heterocycles.